The van der Waals surface area contributed by atoms with Crippen molar-refractivity contribution in [3.8, 4) is 0 Å². The van der Waals surface area contributed by atoms with Crippen LogP contribution in [0.2, 0.25) is 0 Å². The average molecular weight is 425 g/mol. The first kappa shape index (κ1) is 20.9. The Labute approximate surface area is 182 Å². The highest BCUT2D eigenvalue weighted by molar-refractivity contribution is 7.99. The number of nitrogens with zero attached hydrogens (tertiary/aromatic N) is 2. The van der Waals surface area contributed by atoms with Gasteiger partial charge in [0.15, 0.2) is 0 Å². The van der Waals surface area contributed by atoms with E-state index in [1.165, 1.54) is 0 Å². The molecular weight excluding hydrogens is 396 g/mol. The van der Waals surface area contributed by atoms with Gasteiger partial charge in [-0.3, -0.25) is 19.4 Å². The predicted octanol–water partition coefficient (Wildman–Crippen LogP) is 2.67. The van der Waals surface area contributed by atoms with Gasteiger partial charge in [0.2, 0.25) is 11.8 Å². The number of rotatable bonds is 8. The third-order valence-corrected chi connectivity index (χ3v) is 6.36. The first-order chi connectivity index (χ1) is 14.7. The number of carbonyl (C=O) groups excluding carboxylic acids is 2. The highest BCUT2D eigenvalue weighted by atomic mass is 32.2. The molecule has 0 spiro atoms. The van der Waals surface area contributed by atoms with Gasteiger partial charge in [0.1, 0.15) is 0 Å². The SMILES string of the molecule is O=C(CN1CCN(CC(=O)NC2CC2)CC1)Nc1ccccc1Sc1ccccc1. The summed E-state index contributed by atoms with van der Waals surface area (Å²) in [6.07, 6.45) is 2.23. The van der Waals surface area contributed by atoms with Crippen molar-refractivity contribution in [1.29, 1.82) is 0 Å². The maximum atomic E-state index is 12.6. The Morgan fingerprint density at radius 1 is 0.833 bits per heavy atom. The molecule has 30 heavy (non-hydrogen) atoms. The van der Waals surface area contributed by atoms with E-state index in [9.17, 15) is 9.59 Å². The van der Waals surface area contributed by atoms with E-state index in [0.29, 0.717) is 19.1 Å². The Kier molecular flexibility index (Phi) is 7.04. The molecule has 4 rings (SSSR count). The molecule has 2 aliphatic rings. The van der Waals surface area contributed by atoms with Crippen molar-refractivity contribution in [2.24, 2.45) is 0 Å². The van der Waals surface area contributed by atoms with Crippen molar-refractivity contribution in [1.82, 2.24) is 15.1 Å². The van der Waals surface area contributed by atoms with Gasteiger partial charge in [-0.25, -0.2) is 0 Å². The molecule has 2 amide bonds. The Hall–Kier alpha value is -2.35. The summed E-state index contributed by atoms with van der Waals surface area (Å²) in [5.74, 6) is 0.118. The Bertz CT molecular complexity index is 865. The molecule has 1 saturated carbocycles. The molecule has 1 heterocycles. The summed E-state index contributed by atoms with van der Waals surface area (Å²) in [5, 5.41) is 6.11. The van der Waals surface area contributed by atoms with Gasteiger partial charge < -0.3 is 10.6 Å². The molecule has 0 unspecified atom stereocenters. The molecule has 2 aromatic carbocycles. The summed E-state index contributed by atoms with van der Waals surface area (Å²) in [6, 6.07) is 18.5. The zero-order valence-electron chi connectivity index (χ0n) is 17.0. The number of carbonyl (C=O) groups is 2. The lowest BCUT2D eigenvalue weighted by molar-refractivity contribution is -0.123. The van der Waals surface area contributed by atoms with E-state index in [2.05, 4.69) is 32.6 Å². The lowest BCUT2D eigenvalue weighted by atomic mass is 10.3. The molecule has 7 heteroatoms. The van der Waals surface area contributed by atoms with Gasteiger partial charge in [0.05, 0.1) is 18.8 Å². The van der Waals surface area contributed by atoms with Gasteiger partial charge in [0, 0.05) is 42.0 Å². The molecule has 1 aliphatic heterocycles. The van der Waals surface area contributed by atoms with Crippen LogP contribution in [0.1, 0.15) is 12.8 Å². The summed E-state index contributed by atoms with van der Waals surface area (Å²) in [6.45, 7) is 4.04. The number of piperazine rings is 1. The van der Waals surface area contributed by atoms with Crippen LogP contribution in [0.3, 0.4) is 0 Å². The fourth-order valence-corrected chi connectivity index (χ4v) is 4.40. The van der Waals surface area contributed by atoms with E-state index in [0.717, 1.165) is 54.5 Å². The van der Waals surface area contributed by atoms with Gasteiger partial charge in [-0.05, 0) is 37.1 Å². The lowest BCUT2D eigenvalue weighted by Crippen LogP contribution is -2.51. The van der Waals surface area contributed by atoms with Crippen LogP contribution in [0, 0.1) is 0 Å². The summed E-state index contributed by atoms with van der Waals surface area (Å²) in [5.41, 5.74) is 0.840. The van der Waals surface area contributed by atoms with Crippen molar-refractivity contribution in [2.45, 2.75) is 28.7 Å². The number of amides is 2. The number of hydrogen-bond donors (Lipinski definition) is 2. The minimum Gasteiger partial charge on any atom is -0.352 e. The zero-order valence-corrected chi connectivity index (χ0v) is 17.9. The van der Waals surface area contributed by atoms with Crippen LogP contribution in [0.4, 0.5) is 5.69 Å². The van der Waals surface area contributed by atoms with E-state index < -0.39 is 0 Å². The molecular formula is C23H28N4O2S. The molecule has 0 atom stereocenters. The van der Waals surface area contributed by atoms with E-state index in [-0.39, 0.29) is 11.8 Å². The first-order valence-corrected chi connectivity index (χ1v) is 11.3. The normalized spacial score (nSPS) is 17.5. The molecule has 158 valence electrons. The highest BCUT2D eigenvalue weighted by Gasteiger charge is 2.25. The summed E-state index contributed by atoms with van der Waals surface area (Å²) >= 11 is 1.64. The molecule has 1 saturated heterocycles. The molecule has 2 N–H and O–H groups in total. The van der Waals surface area contributed by atoms with Crippen LogP contribution in [-0.2, 0) is 9.59 Å². The summed E-state index contributed by atoms with van der Waals surface area (Å²) in [4.78, 5) is 31.1. The topological polar surface area (TPSA) is 64.7 Å². The minimum absolute atomic E-state index is 0.00367. The quantitative estimate of drug-likeness (QED) is 0.682. The number of para-hydroxylation sites is 1. The van der Waals surface area contributed by atoms with E-state index >= 15 is 0 Å². The second kappa shape index (κ2) is 10.1. The lowest BCUT2D eigenvalue weighted by Gasteiger charge is -2.33. The third-order valence-electron chi connectivity index (χ3n) is 5.27. The zero-order chi connectivity index (χ0) is 20.8. The van der Waals surface area contributed by atoms with Gasteiger partial charge >= 0.3 is 0 Å². The molecule has 0 aromatic heterocycles. The second-order valence-electron chi connectivity index (χ2n) is 7.85. The molecule has 0 radical (unpaired) electrons. The van der Waals surface area contributed by atoms with Crippen LogP contribution in [0.5, 0.6) is 0 Å². The first-order valence-electron chi connectivity index (χ1n) is 10.5. The highest BCUT2D eigenvalue weighted by Crippen LogP contribution is 2.33. The van der Waals surface area contributed by atoms with Crippen molar-refractivity contribution in [2.75, 3.05) is 44.6 Å². The summed E-state index contributed by atoms with van der Waals surface area (Å²) in [7, 11) is 0. The molecule has 0 bridgehead atoms. The Morgan fingerprint density at radius 3 is 2.10 bits per heavy atom. The monoisotopic (exact) mass is 424 g/mol. The van der Waals surface area contributed by atoms with Gasteiger partial charge in [-0.15, -0.1) is 0 Å². The maximum Gasteiger partial charge on any atom is 0.238 e. The van der Waals surface area contributed by atoms with Gasteiger partial charge in [0.25, 0.3) is 0 Å². The largest absolute Gasteiger partial charge is 0.352 e. The third kappa shape index (κ3) is 6.32. The smallest absolute Gasteiger partial charge is 0.238 e. The number of anilines is 1. The minimum atomic E-state index is -0.00367. The Balaban J connectivity index is 1.24. The van der Waals surface area contributed by atoms with E-state index in [1.807, 2.05) is 42.5 Å². The number of hydrogen-bond acceptors (Lipinski definition) is 5. The summed E-state index contributed by atoms with van der Waals surface area (Å²) < 4.78 is 0. The van der Waals surface area contributed by atoms with Crippen molar-refractivity contribution in [3.63, 3.8) is 0 Å². The second-order valence-corrected chi connectivity index (χ2v) is 8.97. The number of nitrogens with one attached hydrogen (secondary N) is 2. The fourth-order valence-electron chi connectivity index (χ4n) is 3.48. The average Bonchev–Trinajstić information content (AvgIpc) is 3.55. The van der Waals surface area contributed by atoms with Crippen molar-refractivity contribution >= 4 is 29.3 Å². The molecule has 1 aliphatic carbocycles. The number of benzene rings is 2. The van der Waals surface area contributed by atoms with Crippen molar-refractivity contribution in [3.05, 3.63) is 54.6 Å². The van der Waals surface area contributed by atoms with Crippen LogP contribution >= 0.6 is 11.8 Å². The maximum absolute atomic E-state index is 12.6. The fraction of sp³-hybridized carbons (Fsp3) is 0.391. The van der Waals surface area contributed by atoms with Crippen LogP contribution in [0.25, 0.3) is 0 Å². The van der Waals surface area contributed by atoms with Gasteiger partial charge in [-0.1, -0.05) is 42.1 Å². The molecule has 2 aromatic rings. The van der Waals surface area contributed by atoms with Crippen molar-refractivity contribution < 1.29 is 9.59 Å². The van der Waals surface area contributed by atoms with Crippen LogP contribution < -0.4 is 10.6 Å². The van der Waals surface area contributed by atoms with Crippen LogP contribution in [0.15, 0.2) is 64.4 Å². The predicted molar refractivity (Wildman–Crippen MR) is 120 cm³/mol. The standard InChI is InChI=1S/C23H28N4O2S/c28-22(24-18-10-11-18)16-26-12-14-27(15-13-26)17-23(29)25-20-8-4-5-9-21(20)30-19-6-2-1-3-7-19/h1-9,18H,10-17H2,(H,24,28)(H,25,29). The molecule has 6 nitrogen and oxygen atoms in total. The van der Waals surface area contributed by atoms with E-state index in [1.54, 1.807) is 11.8 Å². The van der Waals surface area contributed by atoms with Gasteiger partial charge in [-0.2, -0.15) is 0 Å². The molecule has 2 fully saturated rings. The van der Waals surface area contributed by atoms with E-state index in [4.69, 9.17) is 0 Å². The Morgan fingerprint density at radius 2 is 1.43 bits per heavy atom. The van der Waals surface area contributed by atoms with Crippen LogP contribution in [-0.4, -0.2) is 66.9 Å².